The predicted octanol–water partition coefficient (Wildman–Crippen LogP) is 5.21. The van der Waals surface area contributed by atoms with Crippen molar-refractivity contribution in [3.8, 4) is 0 Å². The molecular formula is C11H5BrCl2FNOS. The first-order valence-electron chi connectivity index (χ1n) is 4.68. The Morgan fingerprint density at radius 1 is 1.33 bits per heavy atom. The number of anilines is 1. The molecular weight excluding hydrogens is 364 g/mol. The number of amides is 1. The quantitative estimate of drug-likeness (QED) is 0.774. The van der Waals surface area contributed by atoms with Gasteiger partial charge >= 0.3 is 0 Å². The highest BCUT2D eigenvalue weighted by Crippen LogP contribution is 2.33. The van der Waals surface area contributed by atoms with Crippen LogP contribution in [-0.2, 0) is 0 Å². The number of carbonyl (C=O) groups is 1. The minimum absolute atomic E-state index is 0.114. The van der Waals surface area contributed by atoms with E-state index in [1.807, 2.05) is 0 Å². The van der Waals surface area contributed by atoms with Gasteiger partial charge in [-0.15, -0.1) is 11.3 Å². The van der Waals surface area contributed by atoms with Gasteiger partial charge in [-0.3, -0.25) is 4.79 Å². The molecule has 2 nitrogen and oxygen atoms in total. The highest BCUT2D eigenvalue weighted by Gasteiger charge is 2.16. The zero-order chi connectivity index (χ0) is 13.3. The number of hydrogen-bond acceptors (Lipinski definition) is 2. The molecule has 0 aliphatic rings. The van der Waals surface area contributed by atoms with E-state index in [2.05, 4.69) is 21.2 Å². The first-order valence-corrected chi connectivity index (χ1v) is 7.11. The Morgan fingerprint density at radius 2 is 2.06 bits per heavy atom. The second kappa shape index (κ2) is 5.57. The molecule has 18 heavy (non-hydrogen) atoms. The molecule has 1 aromatic carbocycles. The molecule has 0 fully saturated rings. The van der Waals surface area contributed by atoms with Gasteiger partial charge in [0.15, 0.2) is 0 Å². The summed E-state index contributed by atoms with van der Waals surface area (Å²) >= 11 is 16.1. The first kappa shape index (κ1) is 13.8. The molecule has 1 heterocycles. The van der Waals surface area contributed by atoms with Crippen LogP contribution in [0.25, 0.3) is 0 Å². The molecule has 0 radical (unpaired) electrons. The van der Waals surface area contributed by atoms with Crippen molar-refractivity contribution in [1.29, 1.82) is 0 Å². The van der Waals surface area contributed by atoms with Crippen LogP contribution in [0.4, 0.5) is 10.1 Å². The van der Waals surface area contributed by atoms with E-state index in [9.17, 15) is 9.18 Å². The van der Waals surface area contributed by atoms with Gasteiger partial charge in [0, 0.05) is 4.47 Å². The van der Waals surface area contributed by atoms with Crippen LogP contribution in [0.3, 0.4) is 0 Å². The molecule has 1 amide bonds. The minimum Gasteiger partial charge on any atom is -0.319 e. The van der Waals surface area contributed by atoms with E-state index in [1.54, 1.807) is 11.4 Å². The molecule has 2 aromatic rings. The molecule has 0 aliphatic heterocycles. The van der Waals surface area contributed by atoms with Crippen molar-refractivity contribution in [2.45, 2.75) is 0 Å². The summed E-state index contributed by atoms with van der Waals surface area (Å²) in [5.74, 6) is -0.872. The van der Waals surface area contributed by atoms with E-state index in [-0.39, 0.29) is 10.9 Å². The lowest BCUT2D eigenvalue weighted by molar-refractivity contribution is 0.103. The van der Waals surface area contributed by atoms with Crippen LogP contribution in [0, 0.1) is 5.82 Å². The number of rotatable bonds is 2. The van der Waals surface area contributed by atoms with E-state index in [0.29, 0.717) is 20.1 Å². The maximum absolute atomic E-state index is 13.0. The Balaban J connectivity index is 2.31. The zero-order valence-electron chi connectivity index (χ0n) is 8.64. The van der Waals surface area contributed by atoms with E-state index in [1.165, 1.54) is 17.4 Å². The van der Waals surface area contributed by atoms with Crippen molar-refractivity contribution in [2.24, 2.45) is 0 Å². The van der Waals surface area contributed by atoms with Gasteiger partial charge in [0.1, 0.15) is 10.7 Å². The van der Waals surface area contributed by atoms with Crippen LogP contribution in [0.5, 0.6) is 0 Å². The summed E-state index contributed by atoms with van der Waals surface area (Å²) < 4.78 is 13.4. The molecule has 94 valence electrons. The van der Waals surface area contributed by atoms with E-state index >= 15 is 0 Å². The number of carbonyl (C=O) groups excluding carboxylic acids is 1. The van der Waals surface area contributed by atoms with Crippen molar-refractivity contribution in [2.75, 3.05) is 5.32 Å². The Bertz CT molecular complexity index is 594. The normalized spacial score (nSPS) is 10.4. The summed E-state index contributed by atoms with van der Waals surface area (Å²) in [7, 11) is 0. The van der Waals surface area contributed by atoms with Crippen molar-refractivity contribution in [1.82, 2.24) is 0 Å². The lowest BCUT2D eigenvalue weighted by Crippen LogP contribution is -2.11. The fourth-order valence-electron chi connectivity index (χ4n) is 1.29. The molecule has 0 bridgehead atoms. The van der Waals surface area contributed by atoms with Gasteiger partial charge in [0.2, 0.25) is 0 Å². The molecule has 0 saturated heterocycles. The molecule has 0 atom stereocenters. The average Bonchev–Trinajstić information content (AvgIpc) is 2.69. The van der Waals surface area contributed by atoms with Crippen LogP contribution >= 0.6 is 50.5 Å². The van der Waals surface area contributed by atoms with Crippen LogP contribution in [-0.4, -0.2) is 5.91 Å². The summed E-state index contributed by atoms with van der Waals surface area (Å²) in [6, 6.07) is 3.97. The molecule has 7 heteroatoms. The van der Waals surface area contributed by atoms with Crippen LogP contribution in [0.2, 0.25) is 10.0 Å². The number of nitrogens with one attached hydrogen (secondary N) is 1. The zero-order valence-corrected chi connectivity index (χ0v) is 12.6. The third kappa shape index (κ3) is 2.85. The second-order valence-electron chi connectivity index (χ2n) is 3.30. The predicted molar refractivity (Wildman–Crippen MR) is 76.4 cm³/mol. The lowest BCUT2D eigenvalue weighted by Gasteiger charge is -2.09. The largest absolute Gasteiger partial charge is 0.319 e. The topological polar surface area (TPSA) is 29.1 Å². The number of benzene rings is 1. The first-order chi connectivity index (χ1) is 8.49. The van der Waals surface area contributed by atoms with Crippen molar-refractivity contribution < 1.29 is 9.18 Å². The molecule has 0 aliphatic carbocycles. The van der Waals surface area contributed by atoms with Gasteiger partial charge in [-0.25, -0.2) is 4.39 Å². The van der Waals surface area contributed by atoms with Gasteiger partial charge in [0.05, 0.1) is 15.7 Å². The van der Waals surface area contributed by atoms with Gasteiger partial charge in [-0.05, 0) is 39.5 Å². The monoisotopic (exact) mass is 367 g/mol. The van der Waals surface area contributed by atoms with E-state index < -0.39 is 5.82 Å². The summed E-state index contributed by atoms with van der Waals surface area (Å²) in [6.45, 7) is 0. The van der Waals surface area contributed by atoms with Crippen molar-refractivity contribution in [3.63, 3.8) is 0 Å². The average molecular weight is 369 g/mol. The van der Waals surface area contributed by atoms with Gasteiger partial charge < -0.3 is 5.32 Å². The van der Waals surface area contributed by atoms with Crippen LogP contribution in [0.1, 0.15) is 9.67 Å². The highest BCUT2D eigenvalue weighted by atomic mass is 79.9. The fraction of sp³-hybridized carbons (Fsp3) is 0. The summed E-state index contributed by atoms with van der Waals surface area (Å²) in [5.41, 5.74) is 0.313. The Kier molecular flexibility index (Phi) is 4.27. The third-order valence-electron chi connectivity index (χ3n) is 2.07. The number of halogens is 4. The molecule has 0 unspecified atom stereocenters. The van der Waals surface area contributed by atoms with Gasteiger partial charge in [-0.2, -0.15) is 0 Å². The maximum Gasteiger partial charge on any atom is 0.267 e. The van der Waals surface area contributed by atoms with Crippen LogP contribution < -0.4 is 5.32 Å². The number of thiophene rings is 1. The van der Waals surface area contributed by atoms with Gasteiger partial charge in [-0.1, -0.05) is 23.2 Å². The lowest BCUT2D eigenvalue weighted by atomic mass is 10.3. The Morgan fingerprint density at radius 3 is 2.61 bits per heavy atom. The maximum atomic E-state index is 13.0. The Hall–Kier alpha value is -0.620. The van der Waals surface area contributed by atoms with Crippen molar-refractivity contribution >= 4 is 62.1 Å². The SMILES string of the molecule is O=C(Nc1c(Cl)cc(F)cc1Br)c1sccc1Cl. The van der Waals surface area contributed by atoms with E-state index in [4.69, 9.17) is 23.2 Å². The summed E-state index contributed by atoms with van der Waals surface area (Å²) in [4.78, 5) is 12.3. The molecule has 1 N–H and O–H groups in total. The fourth-order valence-corrected chi connectivity index (χ4v) is 3.22. The second-order valence-corrected chi connectivity index (χ2v) is 5.88. The standard InChI is InChI=1S/C11H5BrCl2FNOS/c12-6-3-5(15)4-8(14)9(6)16-11(17)10-7(13)1-2-18-10/h1-4H,(H,16,17). The third-order valence-corrected chi connectivity index (χ3v) is 4.33. The molecule has 1 aromatic heterocycles. The molecule has 2 rings (SSSR count). The summed E-state index contributed by atoms with van der Waals surface area (Å²) in [6.07, 6.45) is 0. The highest BCUT2D eigenvalue weighted by molar-refractivity contribution is 9.10. The Labute approximate surface area is 125 Å². The smallest absolute Gasteiger partial charge is 0.267 e. The van der Waals surface area contributed by atoms with Crippen molar-refractivity contribution in [3.05, 3.63) is 48.8 Å². The van der Waals surface area contributed by atoms with Crippen LogP contribution in [0.15, 0.2) is 28.1 Å². The summed E-state index contributed by atoms with van der Waals surface area (Å²) in [5, 5.41) is 4.78. The van der Waals surface area contributed by atoms with E-state index in [0.717, 1.165) is 6.07 Å². The number of hydrogen-bond donors (Lipinski definition) is 1. The minimum atomic E-state index is -0.487. The molecule has 0 spiro atoms. The molecule has 0 saturated carbocycles. The van der Waals surface area contributed by atoms with Gasteiger partial charge in [0.25, 0.3) is 5.91 Å².